The highest BCUT2D eigenvalue weighted by Crippen LogP contribution is 2.28. The summed E-state index contributed by atoms with van der Waals surface area (Å²) in [5, 5.41) is 1.24. The molecule has 0 amide bonds. The number of thiophene rings is 1. The van der Waals surface area contributed by atoms with Gasteiger partial charge in [0.1, 0.15) is 11.2 Å². The summed E-state index contributed by atoms with van der Waals surface area (Å²) in [6, 6.07) is 2.23. The van der Waals surface area contributed by atoms with Gasteiger partial charge < -0.3 is 0 Å². The van der Waals surface area contributed by atoms with Crippen molar-refractivity contribution in [2.75, 3.05) is 0 Å². The van der Waals surface area contributed by atoms with Crippen molar-refractivity contribution in [3.05, 3.63) is 23.0 Å². The number of hydrogen-bond donors (Lipinski definition) is 0. The first-order valence-corrected chi connectivity index (χ1v) is 5.77. The number of fused-ring (bicyclic) bond motifs is 1. The van der Waals surface area contributed by atoms with E-state index >= 15 is 0 Å². The molecule has 2 nitrogen and oxygen atoms in total. The van der Waals surface area contributed by atoms with Crippen LogP contribution < -0.4 is 0 Å². The molecule has 2 aromatic heterocycles. The van der Waals surface area contributed by atoms with Crippen LogP contribution in [-0.4, -0.2) is 9.97 Å². The topological polar surface area (TPSA) is 25.8 Å². The predicted octanol–water partition coefficient (Wildman–Crippen LogP) is 3.38. The van der Waals surface area contributed by atoms with E-state index in [1.54, 1.807) is 17.7 Å². The molecule has 74 valence electrons. The van der Waals surface area contributed by atoms with Crippen molar-refractivity contribution < 1.29 is 0 Å². The monoisotopic (exact) mass is 206 g/mol. The Morgan fingerprint density at radius 1 is 1.36 bits per heavy atom. The van der Waals surface area contributed by atoms with Crippen LogP contribution in [0.1, 0.15) is 37.3 Å². The van der Waals surface area contributed by atoms with E-state index in [4.69, 9.17) is 0 Å². The van der Waals surface area contributed by atoms with Gasteiger partial charge in [0.2, 0.25) is 0 Å². The minimum Gasteiger partial charge on any atom is -0.240 e. The van der Waals surface area contributed by atoms with Gasteiger partial charge in [-0.1, -0.05) is 20.8 Å². The number of nitrogens with zero attached hydrogens (tertiary/aromatic N) is 2. The maximum absolute atomic E-state index is 4.35. The van der Waals surface area contributed by atoms with Crippen LogP contribution in [0.2, 0.25) is 0 Å². The van der Waals surface area contributed by atoms with Gasteiger partial charge >= 0.3 is 0 Å². The SMILES string of the molecule is CCc1cc2c(C(C)C)ncnc2s1. The lowest BCUT2D eigenvalue weighted by molar-refractivity contribution is 0.829. The van der Waals surface area contributed by atoms with Crippen molar-refractivity contribution in [2.45, 2.75) is 33.1 Å². The van der Waals surface area contributed by atoms with Crippen molar-refractivity contribution in [2.24, 2.45) is 0 Å². The van der Waals surface area contributed by atoms with E-state index in [-0.39, 0.29) is 0 Å². The molecule has 0 radical (unpaired) electrons. The van der Waals surface area contributed by atoms with E-state index in [2.05, 4.69) is 36.8 Å². The second-order valence-corrected chi connectivity index (χ2v) is 4.81. The summed E-state index contributed by atoms with van der Waals surface area (Å²) >= 11 is 1.78. The highest BCUT2D eigenvalue weighted by molar-refractivity contribution is 7.18. The molecule has 2 heterocycles. The lowest BCUT2D eigenvalue weighted by atomic mass is 10.1. The Balaban J connectivity index is 2.66. The van der Waals surface area contributed by atoms with E-state index in [0.29, 0.717) is 5.92 Å². The lowest BCUT2D eigenvalue weighted by Gasteiger charge is -2.03. The van der Waals surface area contributed by atoms with Gasteiger partial charge in [0.15, 0.2) is 0 Å². The second-order valence-electron chi connectivity index (χ2n) is 3.70. The van der Waals surface area contributed by atoms with E-state index in [1.807, 2.05) is 0 Å². The fourth-order valence-electron chi connectivity index (χ4n) is 1.56. The Hall–Kier alpha value is -0.960. The smallest absolute Gasteiger partial charge is 0.127 e. The summed E-state index contributed by atoms with van der Waals surface area (Å²) < 4.78 is 0. The highest BCUT2D eigenvalue weighted by atomic mass is 32.1. The number of hydrogen-bond acceptors (Lipinski definition) is 3. The first-order chi connectivity index (χ1) is 6.72. The summed E-state index contributed by atoms with van der Waals surface area (Å²) in [6.45, 7) is 6.52. The second kappa shape index (κ2) is 3.65. The average Bonchev–Trinajstić information content (AvgIpc) is 2.59. The third-order valence-electron chi connectivity index (χ3n) is 2.31. The molecule has 0 aromatic carbocycles. The molecule has 0 aliphatic heterocycles. The summed E-state index contributed by atoms with van der Waals surface area (Å²) in [5.41, 5.74) is 1.17. The third-order valence-corrected chi connectivity index (χ3v) is 3.49. The van der Waals surface area contributed by atoms with Crippen molar-refractivity contribution in [1.82, 2.24) is 9.97 Å². The van der Waals surface area contributed by atoms with E-state index in [1.165, 1.54) is 16.0 Å². The Bertz CT molecular complexity index is 445. The van der Waals surface area contributed by atoms with Crippen molar-refractivity contribution in [3.8, 4) is 0 Å². The molecule has 0 fully saturated rings. The van der Waals surface area contributed by atoms with Crippen molar-refractivity contribution in [1.29, 1.82) is 0 Å². The van der Waals surface area contributed by atoms with Gasteiger partial charge in [0.05, 0.1) is 5.69 Å². The maximum Gasteiger partial charge on any atom is 0.127 e. The Morgan fingerprint density at radius 2 is 2.14 bits per heavy atom. The molecule has 14 heavy (non-hydrogen) atoms. The molecule has 0 unspecified atom stereocenters. The van der Waals surface area contributed by atoms with Gasteiger partial charge in [0, 0.05) is 10.3 Å². The van der Waals surface area contributed by atoms with Crippen molar-refractivity contribution >= 4 is 21.6 Å². The minimum atomic E-state index is 0.472. The predicted molar refractivity (Wildman–Crippen MR) is 60.9 cm³/mol. The van der Waals surface area contributed by atoms with E-state index in [9.17, 15) is 0 Å². The van der Waals surface area contributed by atoms with Crippen LogP contribution >= 0.6 is 11.3 Å². The lowest BCUT2D eigenvalue weighted by Crippen LogP contribution is -1.93. The molecule has 0 aliphatic rings. The summed E-state index contributed by atoms with van der Waals surface area (Å²) in [4.78, 5) is 11.2. The van der Waals surface area contributed by atoms with Crippen LogP contribution in [0.15, 0.2) is 12.4 Å². The number of rotatable bonds is 2. The molecule has 0 bridgehead atoms. The Labute approximate surface area is 88.0 Å². The standard InChI is InChI=1S/C11H14N2S/c1-4-8-5-9-10(7(2)3)12-6-13-11(9)14-8/h5-7H,4H2,1-3H3. The zero-order valence-electron chi connectivity index (χ0n) is 8.74. The van der Waals surface area contributed by atoms with Crippen LogP contribution in [0, 0.1) is 0 Å². The zero-order chi connectivity index (χ0) is 10.1. The van der Waals surface area contributed by atoms with Crippen LogP contribution in [0.5, 0.6) is 0 Å². The summed E-state index contributed by atoms with van der Waals surface area (Å²) in [6.07, 6.45) is 2.76. The molecule has 3 heteroatoms. The first kappa shape index (κ1) is 9.59. The summed E-state index contributed by atoms with van der Waals surface area (Å²) in [7, 11) is 0. The largest absolute Gasteiger partial charge is 0.240 e. The molecule has 0 aliphatic carbocycles. The molecule has 0 spiro atoms. The molecule has 0 saturated heterocycles. The molecular formula is C11H14N2S. The fourth-order valence-corrected chi connectivity index (χ4v) is 2.50. The van der Waals surface area contributed by atoms with Crippen LogP contribution in [0.25, 0.3) is 10.2 Å². The molecule has 2 aromatic rings. The first-order valence-electron chi connectivity index (χ1n) is 4.95. The van der Waals surface area contributed by atoms with Gasteiger partial charge in [-0.05, 0) is 18.4 Å². The average molecular weight is 206 g/mol. The zero-order valence-corrected chi connectivity index (χ0v) is 9.56. The fraction of sp³-hybridized carbons (Fsp3) is 0.455. The minimum absolute atomic E-state index is 0.472. The van der Waals surface area contributed by atoms with Gasteiger partial charge in [-0.25, -0.2) is 9.97 Å². The van der Waals surface area contributed by atoms with E-state index < -0.39 is 0 Å². The number of aryl methyl sites for hydroxylation is 1. The van der Waals surface area contributed by atoms with Crippen LogP contribution in [-0.2, 0) is 6.42 Å². The molecule has 0 atom stereocenters. The molecule has 2 rings (SSSR count). The van der Waals surface area contributed by atoms with Crippen LogP contribution in [0.3, 0.4) is 0 Å². The quantitative estimate of drug-likeness (QED) is 0.752. The van der Waals surface area contributed by atoms with Crippen LogP contribution in [0.4, 0.5) is 0 Å². The molecule has 0 saturated carbocycles. The highest BCUT2D eigenvalue weighted by Gasteiger charge is 2.09. The van der Waals surface area contributed by atoms with Gasteiger partial charge in [0.25, 0.3) is 0 Å². The molecular weight excluding hydrogens is 192 g/mol. The molecule has 0 N–H and O–H groups in total. The van der Waals surface area contributed by atoms with Crippen molar-refractivity contribution in [3.63, 3.8) is 0 Å². The maximum atomic E-state index is 4.35. The van der Waals surface area contributed by atoms with Gasteiger partial charge in [-0.15, -0.1) is 11.3 Å². The van der Waals surface area contributed by atoms with E-state index in [0.717, 1.165) is 11.3 Å². The van der Waals surface area contributed by atoms with Gasteiger partial charge in [-0.2, -0.15) is 0 Å². The Morgan fingerprint density at radius 3 is 2.79 bits per heavy atom. The normalized spacial score (nSPS) is 11.4. The third kappa shape index (κ3) is 1.52. The summed E-state index contributed by atoms with van der Waals surface area (Å²) in [5.74, 6) is 0.472. The van der Waals surface area contributed by atoms with Gasteiger partial charge in [-0.3, -0.25) is 0 Å². The Kier molecular flexibility index (Phi) is 2.50. The number of aromatic nitrogens is 2.